The second kappa shape index (κ2) is 8.77. The van der Waals surface area contributed by atoms with Crippen molar-refractivity contribution in [1.29, 1.82) is 0 Å². The molecule has 0 unspecified atom stereocenters. The minimum absolute atomic E-state index is 0.307. The zero-order valence-electron chi connectivity index (χ0n) is 14.1. The van der Waals surface area contributed by atoms with Gasteiger partial charge in [-0.2, -0.15) is 0 Å². The van der Waals surface area contributed by atoms with Crippen LogP contribution < -0.4 is 5.32 Å². The highest BCUT2D eigenvalue weighted by molar-refractivity contribution is 5.78. The van der Waals surface area contributed by atoms with E-state index in [2.05, 4.69) is 24.2 Å². The predicted molar refractivity (Wildman–Crippen MR) is 88.3 cm³/mol. The maximum absolute atomic E-state index is 12.8. The van der Waals surface area contributed by atoms with Gasteiger partial charge < -0.3 is 10.2 Å². The second-order valence-corrected chi connectivity index (χ2v) is 7.05. The van der Waals surface area contributed by atoms with Crippen molar-refractivity contribution in [2.45, 2.75) is 89.6 Å². The Balaban J connectivity index is 1.81. The van der Waals surface area contributed by atoms with Crippen LogP contribution in [-0.2, 0) is 4.79 Å². The Morgan fingerprint density at radius 2 is 1.52 bits per heavy atom. The molecule has 3 heteroatoms. The number of hydrogen-bond donors (Lipinski definition) is 1. The molecule has 21 heavy (non-hydrogen) atoms. The quantitative estimate of drug-likeness (QED) is 0.857. The van der Waals surface area contributed by atoms with E-state index in [0.29, 0.717) is 23.9 Å². The van der Waals surface area contributed by atoms with Gasteiger partial charge >= 0.3 is 0 Å². The van der Waals surface area contributed by atoms with Crippen LogP contribution in [0.25, 0.3) is 0 Å². The molecule has 0 atom stereocenters. The molecule has 0 aromatic rings. The third-order valence-corrected chi connectivity index (χ3v) is 5.54. The fourth-order valence-corrected chi connectivity index (χ4v) is 4.13. The van der Waals surface area contributed by atoms with Gasteiger partial charge in [-0.3, -0.25) is 4.79 Å². The summed E-state index contributed by atoms with van der Waals surface area (Å²) in [5.41, 5.74) is 0. The molecule has 0 aliphatic heterocycles. The molecule has 2 aliphatic rings. The van der Waals surface area contributed by atoms with E-state index in [1.54, 1.807) is 0 Å². The highest BCUT2D eigenvalue weighted by Gasteiger charge is 2.29. The van der Waals surface area contributed by atoms with Crippen LogP contribution in [-0.4, -0.2) is 36.5 Å². The minimum atomic E-state index is 0.307. The van der Waals surface area contributed by atoms with Crippen molar-refractivity contribution in [2.24, 2.45) is 5.92 Å². The summed E-state index contributed by atoms with van der Waals surface area (Å²) in [6.07, 6.45) is 13.5. The first-order valence-electron chi connectivity index (χ1n) is 9.22. The molecule has 122 valence electrons. The summed E-state index contributed by atoms with van der Waals surface area (Å²) in [6.45, 7) is 3.24. The summed E-state index contributed by atoms with van der Waals surface area (Å²) >= 11 is 0. The first-order valence-corrected chi connectivity index (χ1v) is 9.22. The Labute approximate surface area is 130 Å². The number of nitrogens with one attached hydrogen (secondary N) is 1. The zero-order valence-corrected chi connectivity index (χ0v) is 14.1. The highest BCUT2D eigenvalue weighted by Crippen LogP contribution is 2.27. The number of nitrogens with zero attached hydrogens (tertiary/aromatic N) is 1. The Bertz CT molecular complexity index is 302. The monoisotopic (exact) mass is 294 g/mol. The summed E-state index contributed by atoms with van der Waals surface area (Å²) in [6, 6.07) is 1.16. The Kier molecular flexibility index (Phi) is 7.01. The van der Waals surface area contributed by atoms with Crippen LogP contribution >= 0.6 is 0 Å². The summed E-state index contributed by atoms with van der Waals surface area (Å²) in [5.74, 6) is 0.741. The molecule has 3 nitrogen and oxygen atoms in total. The lowest BCUT2D eigenvalue weighted by molar-refractivity contribution is -0.137. The first kappa shape index (κ1) is 16.8. The molecule has 1 N–H and O–H groups in total. The number of carbonyl (C=O) groups is 1. The highest BCUT2D eigenvalue weighted by atomic mass is 16.2. The van der Waals surface area contributed by atoms with Gasteiger partial charge in [0.05, 0.1) is 0 Å². The third kappa shape index (κ3) is 4.98. The number of amides is 1. The van der Waals surface area contributed by atoms with E-state index in [1.807, 2.05) is 0 Å². The smallest absolute Gasteiger partial charge is 0.225 e. The molecule has 0 bridgehead atoms. The van der Waals surface area contributed by atoms with Crippen LogP contribution in [0.1, 0.15) is 77.6 Å². The maximum atomic E-state index is 12.8. The van der Waals surface area contributed by atoms with Crippen molar-refractivity contribution in [3.8, 4) is 0 Å². The minimum Gasteiger partial charge on any atom is -0.343 e. The zero-order chi connectivity index (χ0) is 15.1. The topological polar surface area (TPSA) is 32.3 Å². The average Bonchev–Trinajstić information content (AvgIpc) is 2.47. The largest absolute Gasteiger partial charge is 0.343 e. The molecule has 2 rings (SSSR count). The van der Waals surface area contributed by atoms with Gasteiger partial charge in [-0.1, -0.05) is 39.0 Å². The van der Waals surface area contributed by atoms with Crippen LogP contribution in [0.2, 0.25) is 0 Å². The van der Waals surface area contributed by atoms with E-state index in [1.165, 1.54) is 57.8 Å². The number of carbonyl (C=O) groups excluding carboxylic acids is 1. The second-order valence-electron chi connectivity index (χ2n) is 7.05. The fraction of sp³-hybridized carbons (Fsp3) is 0.944. The lowest BCUT2D eigenvalue weighted by Gasteiger charge is -2.37. The standard InChI is InChI=1S/C18H34N2O/c1-3-19-16-11-13-17(14-12-16)20(2)18(21)15-9-7-5-4-6-8-10-15/h15-17,19H,3-14H2,1-2H3. The summed E-state index contributed by atoms with van der Waals surface area (Å²) in [4.78, 5) is 14.9. The van der Waals surface area contributed by atoms with Gasteiger partial charge in [0.15, 0.2) is 0 Å². The molecule has 0 radical (unpaired) electrons. The van der Waals surface area contributed by atoms with Gasteiger partial charge in [-0.25, -0.2) is 0 Å². The molecule has 2 fully saturated rings. The van der Waals surface area contributed by atoms with Crippen LogP contribution in [0.5, 0.6) is 0 Å². The van der Waals surface area contributed by atoms with Crippen LogP contribution in [0.3, 0.4) is 0 Å². The normalized spacial score (nSPS) is 28.7. The molecule has 0 aromatic carbocycles. The molecule has 0 aromatic heterocycles. The van der Waals surface area contributed by atoms with Gasteiger partial charge in [0, 0.05) is 25.0 Å². The third-order valence-electron chi connectivity index (χ3n) is 5.54. The van der Waals surface area contributed by atoms with E-state index in [0.717, 1.165) is 19.4 Å². The van der Waals surface area contributed by atoms with Gasteiger partial charge in [0.25, 0.3) is 0 Å². The molecular formula is C18H34N2O. The van der Waals surface area contributed by atoms with E-state index in [4.69, 9.17) is 0 Å². The van der Waals surface area contributed by atoms with E-state index < -0.39 is 0 Å². The van der Waals surface area contributed by atoms with Gasteiger partial charge in [-0.05, 0) is 45.1 Å². The Hall–Kier alpha value is -0.570. The van der Waals surface area contributed by atoms with E-state index in [-0.39, 0.29) is 0 Å². The molecule has 0 saturated heterocycles. The van der Waals surface area contributed by atoms with Crippen LogP contribution in [0.4, 0.5) is 0 Å². The Morgan fingerprint density at radius 3 is 2.10 bits per heavy atom. The maximum Gasteiger partial charge on any atom is 0.225 e. The molecular weight excluding hydrogens is 260 g/mol. The van der Waals surface area contributed by atoms with Crippen molar-refractivity contribution in [1.82, 2.24) is 10.2 Å². The average molecular weight is 294 g/mol. The Morgan fingerprint density at radius 1 is 0.952 bits per heavy atom. The van der Waals surface area contributed by atoms with E-state index in [9.17, 15) is 4.79 Å². The summed E-state index contributed by atoms with van der Waals surface area (Å²) in [7, 11) is 2.05. The molecule has 1 amide bonds. The van der Waals surface area contributed by atoms with Gasteiger partial charge in [0.2, 0.25) is 5.91 Å². The lowest BCUT2D eigenvalue weighted by atomic mass is 9.87. The van der Waals surface area contributed by atoms with Gasteiger partial charge in [0.1, 0.15) is 0 Å². The molecule has 2 saturated carbocycles. The van der Waals surface area contributed by atoms with E-state index >= 15 is 0 Å². The van der Waals surface area contributed by atoms with Gasteiger partial charge in [-0.15, -0.1) is 0 Å². The predicted octanol–water partition coefficient (Wildman–Crippen LogP) is 3.73. The molecule has 2 aliphatic carbocycles. The SMILES string of the molecule is CCNC1CCC(N(C)C(=O)C2CCCCCCC2)CC1. The number of hydrogen-bond acceptors (Lipinski definition) is 2. The fourth-order valence-electron chi connectivity index (χ4n) is 4.13. The molecule has 0 heterocycles. The van der Waals surface area contributed by atoms with Crippen molar-refractivity contribution >= 4 is 5.91 Å². The first-order chi connectivity index (χ1) is 10.2. The van der Waals surface area contributed by atoms with Crippen LogP contribution in [0, 0.1) is 5.92 Å². The van der Waals surface area contributed by atoms with Crippen molar-refractivity contribution in [3.05, 3.63) is 0 Å². The summed E-state index contributed by atoms with van der Waals surface area (Å²) < 4.78 is 0. The van der Waals surface area contributed by atoms with Crippen molar-refractivity contribution in [2.75, 3.05) is 13.6 Å². The van der Waals surface area contributed by atoms with Crippen molar-refractivity contribution in [3.63, 3.8) is 0 Å². The van der Waals surface area contributed by atoms with Crippen molar-refractivity contribution < 1.29 is 4.79 Å². The number of rotatable bonds is 4. The van der Waals surface area contributed by atoms with Crippen LogP contribution in [0.15, 0.2) is 0 Å². The summed E-state index contributed by atoms with van der Waals surface area (Å²) in [5, 5.41) is 3.55. The molecule has 0 spiro atoms. The lowest BCUT2D eigenvalue weighted by Crippen LogP contribution is -2.45.